The fourth-order valence-electron chi connectivity index (χ4n) is 1.40. The third-order valence-corrected chi connectivity index (χ3v) is 2.40. The molecule has 3 nitrogen and oxygen atoms in total. The monoisotopic (exact) mass is 210 g/mol. The highest BCUT2D eigenvalue weighted by molar-refractivity contribution is 6.30. The summed E-state index contributed by atoms with van der Waals surface area (Å²) in [5, 5.41) is 13.6. The maximum Gasteiger partial charge on any atom is 0.136 e. The molecule has 0 aliphatic carbocycles. The number of aliphatic hydroxyl groups excluding tert-OH is 1. The maximum atomic E-state index is 9.87. The lowest BCUT2D eigenvalue weighted by atomic mass is 10.1. The lowest BCUT2D eigenvalue weighted by molar-refractivity contribution is 0.244. The quantitative estimate of drug-likeness (QED) is 0.775. The number of amidine groups is 1. The Kier molecular flexibility index (Phi) is 2.70. The van der Waals surface area contributed by atoms with Crippen molar-refractivity contribution in [3.05, 3.63) is 34.9 Å². The summed E-state index contributed by atoms with van der Waals surface area (Å²) in [6.45, 7) is 1.54. The van der Waals surface area contributed by atoms with Crippen LogP contribution < -0.4 is 5.32 Å². The molecule has 0 radical (unpaired) electrons. The lowest BCUT2D eigenvalue weighted by Gasteiger charge is -2.11. The molecule has 1 aromatic rings. The summed E-state index contributed by atoms with van der Waals surface area (Å²) in [6, 6.07) is 7.12. The fourth-order valence-corrected chi connectivity index (χ4v) is 1.53. The van der Waals surface area contributed by atoms with Crippen LogP contribution in [0.1, 0.15) is 11.7 Å². The van der Waals surface area contributed by atoms with Crippen LogP contribution in [-0.4, -0.2) is 24.0 Å². The zero-order chi connectivity index (χ0) is 9.97. The Morgan fingerprint density at radius 2 is 2.07 bits per heavy atom. The van der Waals surface area contributed by atoms with E-state index in [-0.39, 0.29) is 0 Å². The summed E-state index contributed by atoms with van der Waals surface area (Å²) < 4.78 is 0. The van der Waals surface area contributed by atoms with Crippen LogP contribution in [0.4, 0.5) is 0 Å². The number of rotatable bonds is 2. The molecule has 74 valence electrons. The zero-order valence-electron chi connectivity index (χ0n) is 7.57. The number of halogens is 1. The van der Waals surface area contributed by atoms with E-state index in [1.165, 1.54) is 0 Å². The van der Waals surface area contributed by atoms with Crippen LogP contribution in [0.3, 0.4) is 0 Å². The van der Waals surface area contributed by atoms with Crippen molar-refractivity contribution in [2.75, 3.05) is 13.1 Å². The number of hydrogen-bond donors (Lipinski definition) is 2. The first-order valence-electron chi connectivity index (χ1n) is 4.49. The third-order valence-electron chi connectivity index (χ3n) is 2.14. The van der Waals surface area contributed by atoms with Crippen molar-refractivity contribution in [1.82, 2.24) is 5.32 Å². The van der Waals surface area contributed by atoms with Gasteiger partial charge in [0, 0.05) is 11.6 Å². The fraction of sp³-hybridized carbons (Fsp3) is 0.300. The molecule has 0 bridgehead atoms. The van der Waals surface area contributed by atoms with Crippen LogP contribution in [-0.2, 0) is 0 Å². The van der Waals surface area contributed by atoms with Crippen molar-refractivity contribution >= 4 is 17.4 Å². The predicted molar refractivity (Wildman–Crippen MR) is 56.7 cm³/mol. The molecule has 0 fully saturated rings. The van der Waals surface area contributed by atoms with Gasteiger partial charge in [0.1, 0.15) is 11.9 Å². The van der Waals surface area contributed by atoms with Gasteiger partial charge in [0.15, 0.2) is 0 Å². The molecular formula is C10H11ClN2O. The summed E-state index contributed by atoms with van der Waals surface area (Å²) in [5.41, 5.74) is 0.808. The van der Waals surface area contributed by atoms with E-state index in [0.29, 0.717) is 10.9 Å². The molecule has 14 heavy (non-hydrogen) atoms. The Balaban J connectivity index is 2.18. The average molecular weight is 211 g/mol. The molecule has 4 heteroatoms. The molecule has 1 aromatic carbocycles. The molecule has 1 heterocycles. The first-order chi connectivity index (χ1) is 6.77. The number of hydrogen-bond acceptors (Lipinski definition) is 3. The molecule has 1 aliphatic rings. The summed E-state index contributed by atoms with van der Waals surface area (Å²) >= 11 is 5.75. The highest BCUT2D eigenvalue weighted by Crippen LogP contribution is 2.17. The van der Waals surface area contributed by atoms with Gasteiger partial charge in [-0.2, -0.15) is 0 Å². The second-order valence-corrected chi connectivity index (χ2v) is 3.58. The van der Waals surface area contributed by atoms with Crippen molar-refractivity contribution in [2.45, 2.75) is 6.10 Å². The van der Waals surface area contributed by atoms with Crippen LogP contribution in [0.2, 0.25) is 5.02 Å². The van der Waals surface area contributed by atoms with Gasteiger partial charge in [0.2, 0.25) is 0 Å². The molecule has 0 saturated heterocycles. The molecule has 0 spiro atoms. The molecule has 2 N–H and O–H groups in total. The van der Waals surface area contributed by atoms with Crippen LogP contribution in [0.25, 0.3) is 0 Å². The van der Waals surface area contributed by atoms with Crippen LogP contribution in [0, 0.1) is 0 Å². The molecule has 0 saturated carbocycles. The van der Waals surface area contributed by atoms with E-state index in [2.05, 4.69) is 10.3 Å². The van der Waals surface area contributed by atoms with Gasteiger partial charge in [-0.1, -0.05) is 23.7 Å². The molecule has 1 atom stereocenters. The Labute approximate surface area is 87.4 Å². The minimum Gasteiger partial charge on any atom is -0.380 e. The van der Waals surface area contributed by atoms with Crippen molar-refractivity contribution in [3.63, 3.8) is 0 Å². The van der Waals surface area contributed by atoms with Gasteiger partial charge >= 0.3 is 0 Å². The van der Waals surface area contributed by atoms with Crippen LogP contribution in [0.15, 0.2) is 29.3 Å². The Bertz CT molecular complexity index is 348. The second-order valence-electron chi connectivity index (χ2n) is 3.15. The molecule has 0 unspecified atom stereocenters. The second kappa shape index (κ2) is 3.98. The predicted octanol–water partition coefficient (Wildman–Crippen LogP) is 1.38. The standard InChI is InChI=1S/C10H11ClN2O/c11-8-3-1-7(2-4-8)9(14)10-12-5-6-13-10/h1-4,9,14H,5-6H2,(H,12,13)/t9-/m1/s1. The molecule has 0 amide bonds. The van der Waals surface area contributed by atoms with Gasteiger partial charge in [-0.05, 0) is 17.7 Å². The minimum atomic E-state index is -0.658. The van der Waals surface area contributed by atoms with E-state index in [1.807, 2.05) is 0 Å². The topological polar surface area (TPSA) is 44.6 Å². The van der Waals surface area contributed by atoms with Crippen molar-refractivity contribution in [3.8, 4) is 0 Å². The lowest BCUT2D eigenvalue weighted by Crippen LogP contribution is -2.25. The van der Waals surface area contributed by atoms with Crippen molar-refractivity contribution < 1.29 is 5.11 Å². The first-order valence-corrected chi connectivity index (χ1v) is 4.87. The number of nitrogens with one attached hydrogen (secondary N) is 1. The number of benzene rings is 1. The summed E-state index contributed by atoms with van der Waals surface area (Å²) in [5.74, 6) is 0.646. The summed E-state index contributed by atoms with van der Waals surface area (Å²) in [6.07, 6.45) is -0.658. The highest BCUT2D eigenvalue weighted by atomic mass is 35.5. The highest BCUT2D eigenvalue weighted by Gasteiger charge is 2.17. The van der Waals surface area contributed by atoms with Crippen LogP contribution >= 0.6 is 11.6 Å². The van der Waals surface area contributed by atoms with E-state index in [1.54, 1.807) is 24.3 Å². The molecule has 2 rings (SSSR count). The maximum absolute atomic E-state index is 9.87. The van der Waals surface area contributed by atoms with Gasteiger partial charge < -0.3 is 10.4 Å². The van der Waals surface area contributed by atoms with Gasteiger partial charge in [-0.25, -0.2) is 0 Å². The van der Waals surface area contributed by atoms with Crippen molar-refractivity contribution in [2.24, 2.45) is 4.99 Å². The molecule has 1 aliphatic heterocycles. The van der Waals surface area contributed by atoms with Gasteiger partial charge in [0.25, 0.3) is 0 Å². The minimum absolute atomic E-state index is 0.646. The third kappa shape index (κ3) is 1.89. The Morgan fingerprint density at radius 1 is 1.36 bits per heavy atom. The Hall–Kier alpha value is -1.06. The summed E-state index contributed by atoms with van der Waals surface area (Å²) in [4.78, 5) is 4.16. The summed E-state index contributed by atoms with van der Waals surface area (Å²) in [7, 11) is 0. The van der Waals surface area contributed by atoms with E-state index < -0.39 is 6.10 Å². The van der Waals surface area contributed by atoms with E-state index in [0.717, 1.165) is 18.7 Å². The average Bonchev–Trinajstić information content (AvgIpc) is 2.71. The number of aliphatic hydroxyl groups is 1. The van der Waals surface area contributed by atoms with Gasteiger partial charge in [-0.15, -0.1) is 0 Å². The first kappa shape index (κ1) is 9.49. The van der Waals surface area contributed by atoms with Gasteiger partial charge in [-0.3, -0.25) is 4.99 Å². The number of nitrogens with zero attached hydrogens (tertiary/aromatic N) is 1. The molecular weight excluding hydrogens is 200 g/mol. The van der Waals surface area contributed by atoms with E-state index in [9.17, 15) is 5.11 Å². The van der Waals surface area contributed by atoms with E-state index in [4.69, 9.17) is 11.6 Å². The number of aliphatic imine (C=N–C) groups is 1. The molecule has 0 aromatic heterocycles. The smallest absolute Gasteiger partial charge is 0.136 e. The van der Waals surface area contributed by atoms with Crippen molar-refractivity contribution in [1.29, 1.82) is 0 Å². The van der Waals surface area contributed by atoms with Crippen LogP contribution in [0.5, 0.6) is 0 Å². The normalized spacial score (nSPS) is 17.4. The zero-order valence-corrected chi connectivity index (χ0v) is 8.33. The van der Waals surface area contributed by atoms with E-state index >= 15 is 0 Å². The Morgan fingerprint density at radius 3 is 2.64 bits per heavy atom. The SMILES string of the molecule is O[C@@H](C1=NCCN1)c1ccc(Cl)cc1. The largest absolute Gasteiger partial charge is 0.380 e. The van der Waals surface area contributed by atoms with Gasteiger partial charge in [0.05, 0.1) is 6.54 Å².